The zero-order chi connectivity index (χ0) is 11.6. The first-order chi connectivity index (χ1) is 6.97. The van der Waals surface area contributed by atoms with Crippen LogP contribution < -0.4 is 5.73 Å². The summed E-state index contributed by atoms with van der Waals surface area (Å²) in [5.74, 6) is -0.181. The summed E-state index contributed by atoms with van der Waals surface area (Å²) in [6, 6.07) is 1.37. The summed E-state index contributed by atoms with van der Waals surface area (Å²) in [6.07, 6.45) is 1.54. The highest BCUT2D eigenvalue weighted by molar-refractivity contribution is 6.38. The van der Waals surface area contributed by atoms with E-state index in [-0.39, 0.29) is 27.2 Å². The lowest BCUT2D eigenvalue weighted by molar-refractivity contribution is 0.477. The lowest BCUT2D eigenvalue weighted by Gasteiger charge is -2.07. The first kappa shape index (κ1) is 11.9. The third-order valence-corrected chi connectivity index (χ3v) is 2.40. The number of benzene rings is 1. The molecule has 3 nitrogen and oxygen atoms in total. The zero-order valence-corrected chi connectivity index (χ0v) is 9.60. The zero-order valence-electron chi connectivity index (χ0n) is 8.09. The van der Waals surface area contributed by atoms with Crippen LogP contribution in [0.2, 0.25) is 10.0 Å². The van der Waals surface area contributed by atoms with Gasteiger partial charge in [-0.25, -0.2) is 4.99 Å². The average molecular weight is 245 g/mol. The van der Waals surface area contributed by atoms with Crippen molar-refractivity contribution in [2.24, 2.45) is 4.99 Å². The van der Waals surface area contributed by atoms with E-state index < -0.39 is 0 Å². The first-order valence-electron chi connectivity index (χ1n) is 4.11. The highest BCUT2D eigenvalue weighted by atomic mass is 35.5. The van der Waals surface area contributed by atoms with Gasteiger partial charge in [-0.3, -0.25) is 0 Å². The molecule has 0 heterocycles. The number of anilines is 1. The molecular weight excluding hydrogens is 235 g/mol. The minimum atomic E-state index is -0.181. The summed E-state index contributed by atoms with van der Waals surface area (Å²) >= 11 is 11.5. The van der Waals surface area contributed by atoms with Gasteiger partial charge in [0.05, 0.1) is 15.7 Å². The molecule has 0 radical (unpaired) electrons. The van der Waals surface area contributed by atoms with E-state index >= 15 is 0 Å². The van der Waals surface area contributed by atoms with Gasteiger partial charge in [-0.15, -0.1) is 0 Å². The van der Waals surface area contributed by atoms with Gasteiger partial charge in [0.1, 0.15) is 5.69 Å². The molecule has 1 aromatic carbocycles. The van der Waals surface area contributed by atoms with Crippen LogP contribution in [0.5, 0.6) is 5.75 Å². The highest BCUT2D eigenvalue weighted by Gasteiger charge is 2.13. The molecule has 3 N–H and O–H groups in total. The Balaban J connectivity index is 3.46. The molecule has 1 rings (SSSR count). The van der Waals surface area contributed by atoms with Crippen molar-refractivity contribution in [3.63, 3.8) is 0 Å². The number of aromatic hydroxyl groups is 1. The van der Waals surface area contributed by atoms with Crippen LogP contribution in [0, 0.1) is 0 Å². The quantitative estimate of drug-likeness (QED) is 0.618. The maximum absolute atomic E-state index is 9.64. The molecule has 0 aromatic heterocycles. The number of nitrogens with zero attached hydrogens (tertiary/aromatic N) is 1. The fraction of sp³-hybridized carbons (Fsp3) is 0.100. The summed E-state index contributed by atoms with van der Waals surface area (Å²) in [5.41, 5.74) is 6.64. The van der Waals surface area contributed by atoms with Gasteiger partial charge in [0.2, 0.25) is 0 Å². The van der Waals surface area contributed by atoms with Gasteiger partial charge in [0.25, 0.3) is 0 Å². The Bertz CT molecular complexity index is 415. The number of phenols is 1. The second-order valence-corrected chi connectivity index (χ2v) is 3.72. The number of hydrogen-bond acceptors (Lipinski definition) is 3. The predicted octanol–water partition coefficient (Wildman–Crippen LogP) is 3.56. The maximum Gasteiger partial charge on any atom is 0.162 e. The number of nitrogen functional groups attached to an aromatic ring is 1. The Morgan fingerprint density at radius 2 is 2.13 bits per heavy atom. The normalized spacial score (nSPS) is 11.5. The second kappa shape index (κ2) is 4.55. The minimum Gasteiger partial charge on any atom is -0.504 e. The van der Waals surface area contributed by atoms with E-state index in [0.717, 1.165) is 0 Å². The van der Waals surface area contributed by atoms with E-state index in [1.807, 2.05) is 0 Å². The first-order valence-corrected chi connectivity index (χ1v) is 4.87. The van der Waals surface area contributed by atoms with Crippen molar-refractivity contribution in [2.75, 3.05) is 5.73 Å². The molecule has 0 aliphatic heterocycles. The maximum atomic E-state index is 9.64. The van der Waals surface area contributed by atoms with E-state index in [0.29, 0.717) is 5.71 Å². The molecule has 0 aliphatic carbocycles. The molecular formula is C10H10Cl2N2O. The molecule has 0 bridgehead atoms. The van der Waals surface area contributed by atoms with Crippen molar-refractivity contribution in [2.45, 2.75) is 6.92 Å². The van der Waals surface area contributed by atoms with Gasteiger partial charge >= 0.3 is 0 Å². The Morgan fingerprint density at radius 1 is 1.53 bits per heavy atom. The van der Waals surface area contributed by atoms with Crippen LogP contribution in [0.1, 0.15) is 6.92 Å². The van der Waals surface area contributed by atoms with Gasteiger partial charge < -0.3 is 10.8 Å². The van der Waals surface area contributed by atoms with Crippen LogP contribution >= 0.6 is 23.2 Å². The van der Waals surface area contributed by atoms with E-state index in [2.05, 4.69) is 11.6 Å². The number of rotatable bonds is 2. The van der Waals surface area contributed by atoms with Crippen molar-refractivity contribution in [3.8, 4) is 5.75 Å². The number of phenolic OH excluding ortho intramolecular Hbond substituents is 1. The van der Waals surface area contributed by atoms with Crippen LogP contribution in [0.3, 0.4) is 0 Å². The SMILES string of the molecule is C=CC(C)=Nc1c(N)c(Cl)cc(Cl)c1O. The molecule has 1 aromatic rings. The lowest BCUT2D eigenvalue weighted by atomic mass is 10.2. The van der Waals surface area contributed by atoms with Crippen molar-refractivity contribution < 1.29 is 5.11 Å². The fourth-order valence-electron chi connectivity index (χ4n) is 0.946. The van der Waals surface area contributed by atoms with E-state index in [1.165, 1.54) is 12.1 Å². The molecule has 80 valence electrons. The van der Waals surface area contributed by atoms with Crippen molar-refractivity contribution in [1.82, 2.24) is 0 Å². The van der Waals surface area contributed by atoms with Crippen LogP contribution in [0.4, 0.5) is 11.4 Å². The number of aliphatic imine (C=N–C) groups is 1. The van der Waals surface area contributed by atoms with Gasteiger partial charge in [0.15, 0.2) is 5.75 Å². The van der Waals surface area contributed by atoms with Crippen molar-refractivity contribution >= 4 is 40.3 Å². The molecule has 0 spiro atoms. The summed E-state index contributed by atoms with van der Waals surface area (Å²) in [6.45, 7) is 5.26. The van der Waals surface area contributed by atoms with E-state index in [9.17, 15) is 5.11 Å². The summed E-state index contributed by atoms with van der Waals surface area (Å²) < 4.78 is 0. The van der Waals surface area contributed by atoms with Crippen LogP contribution in [-0.2, 0) is 0 Å². The smallest absolute Gasteiger partial charge is 0.162 e. The molecule has 15 heavy (non-hydrogen) atoms. The number of nitrogens with two attached hydrogens (primary N) is 1. The monoisotopic (exact) mass is 244 g/mol. The van der Waals surface area contributed by atoms with E-state index in [4.69, 9.17) is 28.9 Å². The number of halogens is 2. The molecule has 0 amide bonds. The minimum absolute atomic E-state index is 0.116. The Morgan fingerprint density at radius 3 is 2.67 bits per heavy atom. The Hall–Kier alpha value is -1.19. The van der Waals surface area contributed by atoms with Crippen molar-refractivity contribution in [1.29, 1.82) is 0 Å². The summed E-state index contributed by atoms with van der Waals surface area (Å²) in [7, 11) is 0. The van der Waals surface area contributed by atoms with Gasteiger partial charge in [-0.05, 0) is 19.1 Å². The third kappa shape index (κ3) is 2.43. The van der Waals surface area contributed by atoms with Crippen LogP contribution in [-0.4, -0.2) is 10.8 Å². The molecule has 0 aliphatic rings. The standard InChI is InChI=1S/C10H10Cl2N2O/c1-3-5(2)14-9-8(13)6(11)4-7(12)10(9)15/h3-4,15H,1,13H2,2H3. The second-order valence-electron chi connectivity index (χ2n) is 2.91. The Labute approximate surface area is 97.8 Å². The molecule has 0 atom stereocenters. The topological polar surface area (TPSA) is 58.6 Å². The Kier molecular flexibility index (Phi) is 3.61. The van der Waals surface area contributed by atoms with Gasteiger partial charge in [-0.2, -0.15) is 0 Å². The van der Waals surface area contributed by atoms with Crippen molar-refractivity contribution in [3.05, 3.63) is 28.8 Å². The summed E-state index contributed by atoms with van der Waals surface area (Å²) in [4.78, 5) is 4.05. The third-order valence-electron chi connectivity index (χ3n) is 1.80. The van der Waals surface area contributed by atoms with Crippen LogP contribution in [0.15, 0.2) is 23.7 Å². The highest BCUT2D eigenvalue weighted by Crippen LogP contribution is 2.43. The van der Waals surface area contributed by atoms with Gasteiger partial charge in [0, 0.05) is 5.71 Å². The molecule has 0 saturated carbocycles. The number of hydrogen-bond donors (Lipinski definition) is 2. The predicted molar refractivity (Wildman–Crippen MR) is 65.5 cm³/mol. The number of allylic oxidation sites excluding steroid dienone is 1. The van der Waals surface area contributed by atoms with Gasteiger partial charge in [-0.1, -0.05) is 29.8 Å². The lowest BCUT2D eigenvalue weighted by Crippen LogP contribution is -1.90. The molecule has 0 unspecified atom stereocenters. The summed E-state index contributed by atoms with van der Waals surface area (Å²) in [5, 5.41) is 10.0. The van der Waals surface area contributed by atoms with E-state index in [1.54, 1.807) is 6.92 Å². The molecule has 5 heteroatoms. The average Bonchev–Trinajstić information content (AvgIpc) is 2.21. The molecule has 0 fully saturated rings. The molecule has 0 saturated heterocycles. The fourth-order valence-corrected chi connectivity index (χ4v) is 1.40. The van der Waals surface area contributed by atoms with Crippen LogP contribution in [0.25, 0.3) is 0 Å². The largest absolute Gasteiger partial charge is 0.504 e.